The minimum absolute atomic E-state index is 0.226. The number of anilines is 5. The third-order valence-electron chi connectivity index (χ3n) is 6.85. The predicted octanol–water partition coefficient (Wildman–Crippen LogP) is 5.39. The van der Waals surface area contributed by atoms with E-state index >= 15 is 0 Å². The van der Waals surface area contributed by atoms with Gasteiger partial charge in [0.15, 0.2) is 0 Å². The zero-order valence-corrected chi connectivity index (χ0v) is 21.5. The number of carbonyl (C=O) groups is 2. The molecule has 3 aromatic carbocycles. The van der Waals surface area contributed by atoms with Gasteiger partial charge in [0, 0.05) is 54.6 Å². The molecule has 9 heteroatoms. The van der Waals surface area contributed by atoms with Gasteiger partial charge < -0.3 is 30.5 Å². The van der Waals surface area contributed by atoms with Crippen LogP contribution in [0.2, 0.25) is 0 Å². The highest BCUT2D eigenvalue weighted by Crippen LogP contribution is 2.26. The molecule has 1 fully saturated rings. The lowest BCUT2D eigenvalue weighted by Crippen LogP contribution is -2.35. The van der Waals surface area contributed by atoms with Gasteiger partial charge >= 0.3 is 0 Å². The average Bonchev–Trinajstić information content (AvgIpc) is 3.50. The first kappa shape index (κ1) is 26.0. The first-order chi connectivity index (χ1) is 18.9. The molecule has 1 aliphatic heterocycles. The molecule has 1 aromatic heterocycles. The Morgan fingerprint density at radius 1 is 0.974 bits per heavy atom. The number of halogens is 1. The van der Waals surface area contributed by atoms with Crippen molar-refractivity contribution in [2.45, 2.75) is 18.9 Å². The number of rotatable bonds is 7. The maximum atomic E-state index is 14.8. The molecule has 200 valence electrons. The predicted molar refractivity (Wildman–Crippen MR) is 151 cm³/mol. The Hall–Kier alpha value is -4.63. The number of aromatic amines is 1. The van der Waals surface area contributed by atoms with Gasteiger partial charge in [-0.05, 0) is 91.7 Å². The second kappa shape index (κ2) is 11.4. The molecular formula is C30H30FN5O3. The molecule has 0 bridgehead atoms. The highest BCUT2D eigenvalue weighted by molar-refractivity contribution is 6.05. The molecule has 0 radical (unpaired) electrons. The number of aromatic nitrogens is 1. The second-order valence-electron chi connectivity index (χ2n) is 9.53. The van der Waals surface area contributed by atoms with Gasteiger partial charge in [-0.2, -0.15) is 0 Å². The molecule has 0 aliphatic carbocycles. The number of hydrogen-bond acceptors (Lipinski definition) is 5. The van der Waals surface area contributed by atoms with Crippen molar-refractivity contribution in [2.75, 3.05) is 40.6 Å². The molecule has 0 saturated carbocycles. The number of H-pyrrole nitrogens is 1. The molecule has 4 aromatic rings. The lowest BCUT2D eigenvalue weighted by atomic mass is 10.1. The topological polar surface area (TPSA) is 101 Å². The van der Waals surface area contributed by atoms with Crippen LogP contribution in [0.5, 0.6) is 0 Å². The largest absolute Gasteiger partial charge is 0.393 e. The quantitative estimate of drug-likeness (QED) is 0.258. The minimum atomic E-state index is -0.500. The fourth-order valence-corrected chi connectivity index (χ4v) is 4.52. The SMILES string of the molecule is CN(C(=O)c1ccc[nH]1)c1ccc(Nc2ccc(NC(=O)c3ccc(N4CCC(O)CC4)cc3)cc2)c(F)c1. The van der Waals surface area contributed by atoms with Crippen molar-refractivity contribution < 1.29 is 19.1 Å². The number of benzene rings is 3. The van der Waals surface area contributed by atoms with Crippen LogP contribution in [-0.4, -0.2) is 48.1 Å². The average molecular weight is 528 g/mol. The van der Waals surface area contributed by atoms with Gasteiger partial charge in [0.25, 0.3) is 11.8 Å². The summed E-state index contributed by atoms with van der Waals surface area (Å²) in [5.74, 6) is -0.993. The third kappa shape index (κ3) is 6.10. The summed E-state index contributed by atoms with van der Waals surface area (Å²) in [5.41, 5.74) is 3.94. The van der Waals surface area contributed by atoms with E-state index in [4.69, 9.17) is 0 Å². The minimum Gasteiger partial charge on any atom is -0.393 e. The first-order valence-corrected chi connectivity index (χ1v) is 12.8. The zero-order chi connectivity index (χ0) is 27.4. The van der Waals surface area contributed by atoms with E-state index in [-0.39, 0.29) is 23.6 Å². The number of piperidine rings is 1. The lowest BCUT2D eigenvalue weighted by Gasteiger charge is -2.31. The van der Waals surface area contributed by atoms with Gasteiger partial charge in [0.05, 0.1) is 11.8 Å². The third-order valence-corrected chi connectivity index (χ3v) is 6.85. The van der Waals surface area contributed by atoms with Gasteiger partial charge in [-0.15, -0.1) is 0 Å². The summed E-state index contributed by atoms with van der Waals surface area (Å²) < 4.78 is 14.8. The molecule has 2 heterocycles. The second-order valence-corrected chi connectivity index (χ2v) is 9.53. The summed E-state index contributed by atoms with van der Waals surface area (Å²) >= 11 is 0. The summed E-state index contributed by atoms with van der Waals surface area (Å²) in [5, 5.41) is 15.6. The summed E-state index contributed by atoms with van der Waals surface area (Å²) in [6, 6.07) is 22.3. The van der Waals surface area contributed by atoms with Crippen LogP contribution < -0.4 is 20.4 Å². The Kier molecular flexibility index (Phi) is 7.60. The maximum absolute atomic E-state index is 14.8. The van der Waals surface area contributed by atoms with E-state index in [2.05, 4.69) is 20.5 Å². The number of aliphatic hydroxyl groups is 1. The van der Waals surface area contributed by atoms with Crippen LogP contribution >= 0.6 is 0 Å². The van der Waals surface area contributed by atoms with Crippen molar-refractivity contribution >= 4 is 40.3 Å². The fourth-order valence-electron chi connectivity index (χ4n) is 4.52. The van der Waals surface area contributed by atoms with Gasteiger partial charge in [-0.25, -0.2) is 4.39 Å². The van der Waals surface area contributed by atoms with Gasteiger partial charge in [-0.1, -0.05) is 0 Å². The van der Waals surface area contributed by atoms with E-state index in [1.807, 2.05) is 12.1 Å². The number of hydrogen-bond donors (Lipinski definition) is 4. The summed E-state index contributed by atoms with van der Waals surface area (Å²) in [6.45, 7) is 1.60. The van der Waals surface area contributed by atoms with E-state index in [9.17, 15) is 19.1 Å². The van der Waals surface area contributed by atoms with Gasteiger partial charge in [0.2, 0.25) is 0 Å². The molecule has 39 heavy (non-hydrogen) atoms. The molecular weight excluding hydrogens is 497 g/mol. The van der Waals surface area contributed by atoms with Crippen molar-refractivity contribution in [3.05, 3.63) is 102 Å². The normalized spacial score (nSPS) is 13.7. The smallest absolute Gasteiger partial charge is 0.274 e. The van der Waals surface area contributed by atoms with E-state index in [1.165, 1.54) is 11.0 Å². The Bertz CT molecular complexity index is 1430. The van der Waals surface area contributed by atoms with Crippen molar-refractivity contribution in [2.24, 2.45) is 0 Å². The highest BCUT2D eigenvalue weighted by Gasteiger charge is 2.18. The van der Waals surface area contributed by atoms with Crippen LogP contribution in [0.15, 0.2) is 85.1 Å². The number of carbonyl (C=O) groups excluding carboxylic acids is 2. The van der Waals surface area contributed by atoms with E-state index in [0.717, 1.165) is 31.6 Å². The number of amides is 2. The van der Waals surface area contributed by atoms with Crippen molar-refractivity contribution in [1.29, 1.82) is 0 Å². The van der Waals surface area contributed by atoms with Gasteiger partial charge in [-0.3, -0.25) is 9.59 Å². The van der Waals surface area contributed by atoms with E-state index < -0.39 is 5.82 Å². The number of nitrogens with zero attached hydrogens (tertiary/aromatic N) is 2. The van der Waals surface area contributed by atoms with Gasteiger partial charge in [0.1, 0.15) is 11.5 Å². The van der Waals surface area contributed by atoms with Crippen LogP contribution in [0.1, 0.15) is 33.7 Å². The summed E-state index contributed by atoms with van der Waals surface area (Å²) in [4.78, 5) is 31.7. The summed E-state index contributed by atoms with van der Waals surface area (Å²) in [6.07, 6.45) is 2.93. The monoisotopic (exact) mass is 527 g/mol. The molecule has 0 unspecified atom stereocenters. The molecule has 5 rings (SSSR count). The standard InChI is InChI=1S/C30H30FN5O3/c1-35(30(39)28-3-2-16-32-28)24-12-13-27(26(31)19-24)33-21-6-8-22(9-7-21)34-29(38)20-4-10-23(11-5-20)36-17-14-25(37)15-18-36/h2-13,16,19,25,32-33,37H,14-15,17-18H2,1H3,(H,34,38). The molecule has 8 nitrogen and oxygen atoms in total. The first-order valence-electron chi connectivity index (χ1n) is 12.8. The highest BCUT2D eigenvalue weighted by atomic mass is 19.1. The molecule has 0 atom stereocenters. The van der Waals surface area contributed by atoms with Crippen LogP contribution in [0, 0.1) is 5.82 Å². The van der Waals surface area contributed by atoms with Crippen molar-refractivity contribution in [3.63, 3.8) is 0 Å². The zero-order valence-electron chi connectivity index (χ0n) is 21.5. The Labute approximate surface area is 226 Å². The van der Waals surface area contributed by atoms with Crippen LogP contribution in [0.3, 0.4) is 0 Å². The van der Waals surface area contributed by atoms with E-state index in [1.54, 1.807) is 73.9 Å². The molecule has 0 spiro atoms. The lowest BCUT2D eigenvalue weighted by molar-refractivity contribution is 0.0987. The maximum Gasteiger partial charge on any atom is 0.274 e. The Balaban J connectivity index is 1.17. The fraction of sp³-hybridized carbons (Fsp3) is 0.200. The number of aliphatic hydroxyl groups excluding tert-OH is 1. The Morgan fingerprint density at radius 3 is 2.31 bits per heavy atom. The van der Waals surface area contributed by atoms with Crippen molar-refractivity contribution in [3.8, 4) is 0 Å². The van der Waals surface area contributed by atoms with Crippen LogP contribution in [0.25, 0.3) is 0 Å². The molecule has 4 N–H and O–H groups in total. The van der Waals surface area contributed by atoms with Crippen molar-refractivity contribution in [1.82, 2.24) is 4.98 Å². The van der Waals surface area contributed by atoms with E-state index in [0.29, 0.717) is 28.3 Å². The Morgan fingerprint density at radius 2 is 1.67 bits per heavy atom. The summed E-state index contributed by atoms with van der Waals surface area (Å²) in [7, 11) is 1.59. The molecule has 1 saturated heterocycles. The molecule has 1 aliphatic rings. The van der Waals surface area contributed by atoms with Crippen LogP contribution in [-0.2, 0) is 0 Å². The van der Waals surface area contributed by atoms with Crippen LogP contribution in [0.4, 0.5) is 32.8 Å². The number of nitrogens with one attached hydrogen (secondary N) is 3. The molecule has 2 amide bonds.